The van der Waals surface area contributed by atoms with Crippen molar-refractivity contribution in [3.05, 3.63) is 30.1 Å². The molecule has 0 N–H and O–H groups in total. The number of aryl methyl sites for hydroxylation is 1. The van der Waals surface area contributed by atoms with Crippen molar-refractivity contribution >= 4 is 7.85 Å². The maximum Gasteiger partial charge on any atom is 0.101 e. The minimum absolute atomic E-state index is 1.20. The molecule has 0 radical (unpaired) electrons. The third-order valence-electron chi connectivity index (χ3n) is 3.79. The second kappa shape index (κ2) is 12.3. The van der Waals surface area contributed by atoms with Gasteiger partial charge in [0.15, 0.2) is 0 Å². The molecular weight excluding hydrogens is 229 g/mol. The summed E-state index contributed by atoms with van der Waals surface area (Å²) in [7, 11) is 2.28. The Morgan fingerprint density at radius 2 is 1.37 bits per heavy atom. The van der Waals surface area contributed by atoms with E-state index in [9.17, 15) is 0 Å². The van der Waals surface area contributed by atoms with Crippen LogP contribution in [0.25, 0.3) is 0 Å². The van der Waals surface area contributed by atoms with E-state index in [2.05, 4.69) is 18.9 Å². The summed E-state index contributed by atoms with van der Waals surface area (Å²) in [6, 6.07) is 4.22. The molecular formula is C17H30BN. The number of hydrogen-bond donors (Lipinski definition) is 0. The van der Waals surface area contributed by atoms with Crippen LogP contribution in [0.4, 0.5) is 0 Å². The van der Waals surface area contributed by atoms with Crippen molar-refractivity contribution in [2.24, 2.45) is 0 Å². The largest absolute Gasteiger partial charge is 0.264 e. The molecule has 0 aliphatic rings. The molecule has 2 heteroatoms. The molecule has 1 aromatic heterocycles. The van der Waals surface area contributed by atoms with E-state index >= 15 is 0 Å². The van der Waals surface area contributed by atoms with E-state index in [-0.39, 0.29) is 0 Å². The van der Waals surface area contributed by atoms with Crippen LogP contribution in [0, 0.1) is 0 Å². The van der Waals surface area contributed by atoms with Crippen molar-refractivity contribution in [3.8, 4) is 0 Å². The lowest BCUT2D eigenvalue weighted by atomic mass is 9.98. The van der Waals surface area contributed by atoms with Crippen molar-refractivity contribution < 1.29 is 0 Å². The number of unbranched alkanes of at least 4 members (excludes halogenated alkanes) is 9. The molecule has 1 aromatic rings. The predicted octanol–water partition coefficient (Wildman–Crippen LogP) is 4.58. The lowest BCUT2D eigenvalue weighted by molar-refractivity contribution is 0.556. The molecule has 0 atom stereocenters. The van der Waals surface area contributed by atoms with Crippen LogP contribution in [-0.2, 0) is 6.42 Å². The van der Waals surface area contributed by atoms with E-state index < -0.39 is 0 Å². The fraction of sp³-hybridized carbons (Fsp3) is 0.706. The normalized spacial score (nSPS) is 10.7. The first-order valence-electron chi connectivity index (χ1n) is 8.32. The molecule has 0 aliphatic carbocycles. The highest BCUT2D eigenvalue weighted by atomic mass is 14.6. The third-order valence-corrected chi connectivity index (χ3v) is 3.79. The fourth-order valence-corrected chi connectivity index (χ4v) is 2.54. The highest BCUT2D eigenvalue weighted by molar-refractivity contribution is 6.08. The molecule has 0 amide bonds. The van der Waals surface area contributed by atoms with Gasteiger partial charge in [0.05, 0.1) is 0 Å². The number of rotatable bonds is 12. The molecule has 0 aliphatic heterocycles. The van der Waals surface area contributed by atoms with Gasteiger partial charge in [-0.1, -0.05) is 70.2 Å². The minimum Gasteiger partial charge on any atom is -0.264 e. The summed E-state index contributed by atoms with van der Waals surface area (Å²) in [5.41, 5.74) is 1.39. The fourth-order valence-electron chi connectivity index (χ4n) is 2.54. The number of pyridine rings is 1. The minimum atomic E-state index is 1.20. The van der Waals surface area contributed by atoms with Crippen LogP contribution in [0.15, 0.2) is 24.5 Å². The first-order chi connectivity index (χ1) is 9.43. The molecule has 1 heterocycles. The predicted molar refractivity (Wildman–Crippen MR) is 87.5 cm³/mol. The molecule has 0 unspecified atom stereocenters. The summed E-state index contributed by atoms with van der Waals surface area (Å²) in [5.74, 6) is 0. The molecule has 0 bridgehead atoms. The lowest BCUT2D eigenvalue weighted by Crippen LogP contribution is -1.87. The van der Waals surface area contributed by atoms with Gasteiger partial charge in [0, 0.05) is 12.4 Å². The first kappa shape index (κ1) is 16.3. The average Bonchev–Trinajstić information content (AvgIpc) is 2.46. The van der Waals surface area contributed by atoms with Crippen LogP contribution >= 0.6 is 0 Å². The molecule has 0 fully saturated rings. The zero-order chi connectivity index (χ0) is 13.6. The van der Waals surface area contributed by atoms with E-state index in [0.29, 0.717) is 0 Å². The molecule has 0 saturated heterocycles. The Morgan fingerprint density at radius 1 is 0.789 bits per heavy atom. The number of aromatic nitrogens is 1. The molecule has 0 aromatic carbocycles. The van der Waals surface area contributed by atoms with Crippen molar-refractivity contribution in [2.75, 3.05) is 0 Å². The zero-order valence-corrected chi connectivity index (χ0v) is 12.7. The second-order valence-electron chi connectivity index (χ2n) is 5.65. The van der Waals surface area contributed by atoms with Gasteiger partial charge in [0.2, 0.25) is 0 Å². The first-order valence-corrected chi connectivity index (χ1v) is 8.32. The van der Waals surface area contributed by atoms with Gasteiger partial charge >= 0.3 is 0 Å². The number of hydrogen-bond acceptors (Lipinski definition) is 1. The van der Waals surface area contributed by atoms with E-state index in [0.717, 1.165) is 0 Å². The van der Waals surface area contributed by atoms with E-state index in [1.807, 2.05) is 18.5 Å². The molecule has 19 heavy (non-hydrogen) atoms. The lowest BCUT2D eigenvalue weighted by Gasteiger charge is -2.03. The summed E-state index contributed by atoms with van der Waals surface area (Å²) in [5, 5.41) is 0. The highest BCUT2D eigenvalue weighted by Gasteiger charge is 1.94. The van der Waals surface area contributed by atoms with E-state index in [1.54, 1.807) is 0 Å². The molecule has 1 nitrogen and oxygen atoms in total. The zero-order valence-electron chi connectivity index (χ0n) is 12.7. The van der Waals surface area contributed by atoms with Crippen LogP contribution < -0.4 is 0 Å². The van der Waals surface area contributed by atoms with Gasteiger partial charge in [0.1, 0.15) is 7.85 Å². The molecule has 0 saturated carbocycles. The summed E-state index contributed by atoms with van der Waals surface area (Å²) in [6.45, 7) is 0. The standard InChI is InChI=1S/C17H30BN/c18-14-10-8-6-4-2-1-3-5-7-9-12-17-13-11-15-19-16-17/h11,13,15-16H,1-10,12,14,18H2. The number of nitrogens with zero attached hydrogens (tertiary/aromatic N) is 1. The Bertz CT molecular complexity index is 287. The van der Waals surface area contributed by atoms with Gasteiger partial charge in [-0.2, -0.15) is 0 Å². The Morgan fingerprint density at radius 3 is 1.89 bits per heavy atom. The van der Waals surface area contributed by atoms with Crippen LogP contribution in [0.5, 0.6) is 0 Å². The van der Waals surface area contributed by atoms with Gasteiger partial charge in [0.25, 0.3) is 0 Å². The Kier molecular flexibility index (Phi) is 10.5. The van der Waals surface area contributed by atoms with Crippen LogP contribution in [-0.4, -0.2) is 12.8 Å². The topological polar surface area (TPSA) is 12.9 Å². The monoisotopic (exact) mass is 259 g/mol. The summed E-state index contributed by atoms with van der Waals surface area (Å²) >= 11 is 0. The smallest absolute Gasteiger partial charge is 0.101 e. The van der Waals surface area contributed by atoms with Crippen LogP contribution in [0.3, 0.4) is 0 Å². The summed E-state index contributed by atoms with van der Waals surface area (Å²) in [4.78, 5) is 4.15. The van der Waals surface area contributed by atoms with Gasteiger partial charge in [-0.25, -0.2) is 0 Å². The van der Waals surface area contributed by atoms with Gasteiger partial charge in [-0.3, -0.25) is 4.98 Å². The second-order valence-corrected chi connectivity index (χ2v) is 5.65. The highest BCUT2D eigenvalue weighted by Crippen LogP contribution is 2.12. The maximum absolute atomic E-state index is 4.15. The SMILES string of the molecule is BCCCCCCCCCCCCc1cccnc1. The Balaban J connectivity index is 1.79. The van der Waals surface area contributed by atoms with Gasteiger partial charge in [-0.05, 0) is 24.5 Å². The van der Waals surface area contributed by atoms with Crippen molar-refractivity contribution in [2.45, 2.75) is 76.9 Å². The van der Waals surface area contributed by atoms with E-state index in [4.69, 9.17) is 0 Å². The summed E-state index contributed by atoms with van der Waals surface area (Å²) < 4.78 is 0. The van der Waals surface area contributed by atoms with Crippen molar-refractivity contribution in [3.63, 3.8) is 0 Å². The van der Waals surface area contributed by atoms with E-state index in [1.165, 1.54) is 82.5 Å². The quantitative estimate of drug-likeness (QED) is 0.395. The van der Waals surface area contributed by atoms with Crippen molar-refractivity contribution in [1.82, 2.24) is 4.98 Å². The van der Waals surface area contributed by atoms with Crippen molar-refractivity contribution in [1.29, 1.82) is 0 Å². The third kappa shape index (κ3) is 9.75. The van der Waals surface area contributed by atoms with Crippen LogP contribution in [0.2, 0.25) is 6.32 Å². The molecule has 0 spiro atoms. The Labute approximate surface area is 120 Å². The molecule has 106 valence electrons. The van der Waals surface area contributed by atoms with Gasteiger partial charge in [-0.15, -0.1) is 0 Å². The molecule has 1 rings (SSSR count). The van der Waals surface area contributed by atoms with Crippen LogP contribution in [0.1, 0.15) is 69.8 Å². The average molecular weight is 259 g/mol. The Hall–Kier alpha value is -0.785. The summed E-state index contributed by atoms with van der Waals surface area (Å²) in [6.07, 6.45) is 20.6. The van der Waals surface area contributed by atoms with Gasteiger partial charge < -0.3 is 0 Å². The maximum atomic E-state index is 4.15.